The fourth-order valence-electron chi connectivity index (χ4n) is 2.04. The molecule has 0 aliphatic carbocycles. The minimum atomic E-state index is -0.141. The van der Waals surface area contributed by atoms with Crippen molar-refractivity contribution in [3.05, 3.63) is 70.0 Å². The quantitative estimate of drug-likeness (QED) is 0.674. The zero-order chi connectivity index (χ0) is 14.8. The third-order valence-electron chi connectivity index (χ3n) is 3.12. The number of benzene rings is 2. The van der Waals surface area contributed by atoms with Crippen LogP contribution >= 0.6 is 23.2 Å². The monoisotopic (exact) mass is 316 g/mol. The van der Waals surface area contributed by atoms with Gasteiger partial charge >= 0.3 is 0 Å². The maximum Gasteiger partial charge on any atom is 0.187 e. The van der Waals surface area contributed by atoms with Gasteiger partial charge in [-0.05, 0) is 23.8 Å². The Hall–Kier alpha value is -1.97. The molecule has 0 saturated heterocycles. The number of para-hydroxylation sites is 2. The highest BCUT2D eigenvalue weighted by Gasteiger charge is 2.13. The van der Waals surface area contributed by atoms with Crippen LogP contribution in [0.5, 0.6) is 0 Å². The standard InChI is InChI=1S/C16H10Cl2N2O/c17-11-5-3-4-10(16(11)18)8-15(21)14-9-19-12-6-1-2-7-13(12)20-14/h1-7,9H,8H2. The summed E-state index contributed by atoms with van der Waals surface area (Å²) in [5, 5.41) is 0.841. The third kappa shape index (κ3) is 2.89. The summed E-state index contributed by atoms with van der Waals surface area (Å²) < 4.78 is 0. The summed E-state index contributed by atoms with van der Waals surface area (Å²) in [6, 6.07) is 12.6. The van der Waals surface area contributed by atoms with Crippen molar-refractivity contribution in [1.29, 1.82) is 0 Å². The van der Waals surface area contributed by atoms with E-state index in [1.54, 1.807) is 18.2 Å². The van der Waals surface area contributed by atoms with E-state index in [1.165, 1.54) is 6.20 Å². The lowest BCUT2D eigenvalue weighted by atomic mass is 10.1. The lowest BCUT2D eigenvalue weighted by molar-refractivity contribution is 0.0988. The molecule has 0 radical (unpaired) electrons. The number of halogens is 2. The highest BCUT2D eigenvalue weighted by molar-refractivity contribution is 6.42. The van der Waals surface area contributed by atoms with Crippen LogP contribution in [0.4, 0.5) is 0 Å². The van der Waals surface area contributed by atoms with Crippen LogP contribution in [0.3, 0.4) is 0 Å². The number of rotatable bonds is 3. The molecule has 2 aromatic carbocycles. The minimum absolute atomic E-state index is 0.141. The van der Waals surface area contributed by atoms with Gasteiger partial charge in [-0.1, -0.05) is 47.5 Å². The van der Waals surface area contributed by atoms with E-state index in [9.17, 15) is 4.79 Å². The average Bonchev–Trinajstić information content (AvgIpc) is 2.51. The van der Waals surface area contributed by atoms with Crippen LogP contribution in [-0.2, 0) is 6.42 Å². The van der Waals surface area contributed by atoms with Crippen LogP contribution < -0.4 is 0 Å². The smallest absolute Gasteiger partial charge is 0.187 e. The van der Waals surface area contributed by atoms with Gasteiger partial charge in [0.25, 0.3) is 0 Å². The molecule has 0 spiro atoms. The summed E-state index contributed by atoms with van der Waals surface area (Å²) in [6.45, 7) is 0. The molecule has 0 atom stereocenters. The Labute approximate surface area is 131 Å². The van der Waals surface area contributed by atoms with E-state index in [2.05, 4.69) is 9.97 Å². The topological polar surface area (TPSA) is 42.9 Å². The van der Waals surface area contributed by atoms with Gasteiger partial charge in [0.15, 0.2) is 5.78 Å². The lowest BCUT2D eigenvalue weighted by Gasteiger charge is -2.05. The molecule has 5 heteroatoms. The van der Waals surface area contributed by atoms with E-state index in [-0.39, 0.29) is 12.2 Å². The molecule has 0 bridgehead atoms. The number of Topliss-reactive ketones (excluding diaryl/α,β-unsaturated/α-hetero) is 1. The van der Waals surface area contributed by atoms with Crippen molar-refractivity contribution < 1.29 is 4.79 Å². The van der Waals surface area contributed by atoms with Crippen molar-refractivity contribution in [2.24, 2.45) is 0 Å². The Kier molecular flexibility index (Phi) is 3.86. The Morgan fingerprint density at radius 3 is 2.57 bits per heavy atom. The first-order valence-electron chi connectivity index (χ1n) is 6.33. The zero-order valence-corrected chi connectivity index (χ0v) is 12.4. The van der Waals surface area contributed by atoms with Gasteiger partial charge in [-0.25, -0.2) is 4.98 Å². The summed E-state index contributed by atoms with van der Waals surface area (Å²) >= 11 is 12.0. The highest BCUT2D eigenvalue weighted by Crippen LogP contribution is 2.26. The second kappa shape index (κ2) is 5.80. The fourth-order valence-corrected chi connectivity index (χ4v) is 2.43. The van der Waals surface area contributed by atoms with Crippen LogP contribution in [-0.4, -0.2) is 15.8 Å². The van der Waals surface area contributed by atoms with Gasteiger partial charge < -0.3 is 0 Å². The molecule has 1 aromatic heterocycles. The van der Waals surface area contributed by atoms with Gasteiger partial charge in [0.2, 0.25) is 0 Å². The summed E-state index contributed by atoms with van der Waals surface area (Å²) in [4.78, 5) is 20.9. The Morgan fingerprint density at radius 2 is 1.76 bits per heavy atom. The third-order valence-corrected chi connectivity index (χ3v) is 3.97. The van der Waals surface area contributed by atoms with E-state index < -0.39 is 0 Å². The Balaban J connectivity index is 1.91. The number of aromatic nitrogens is 2. The molecule has 104 valence electrons. The number of nitrogens with zero attached hydrogens (tertiary/aromatic N) is 2. The predicted octanol–water partition coefficient (Wildman–Crippen LogP) is 4.36. The fraction of sp³-hybridized carbons (Fsp3) is 0.0625. The molecule has 0 N–H and O–H groups in total. The van der Waals surface area contributed by atoms with Crippen LogP contribution in [0.2, 0.25) is 10.0 Å². The molecule has 0 saturated carbocycles. The van der Waals surface area contributed by atoms with E-state index in [4.69, 9.17) is 23.2 Å². The second-order valence-corrected chi connectivity index (χ2v) is 5.34. The van der Waals surface area contributed by atoms with Gasteiger partial charge in [-0.3, -0.25) is 9.78 Å². The maximum atomic E-state index is 12.3. The number of carbonyl (C=O) groups excluding carboxylic acids is 1. The van der Waals surface area contributed by atoms with Crippen molar-refractivity contribution >= 4 is 40.0 Å². The highest BCUT2D eigenvalue weighted by atomic mass is 35.5. The molecule has 3 rings (SSSR count). The normalized spacial score (nSPS) is 10.8. The second-order valence-electron chi connectivity index (χ2n) is 4.56. The molecule has 0 fully saturated rings. The van der Waals surface area contributed by atoms with Crippen LogP contribution in [0.15, 0.2) is 48.7 Å². The van der Waals surface area contributed by atoms with Gasteiger partial charge in [-0.15, -0.1) is 0 Å². The molecular weight excluding hydrogens is 307 g/mol. The SMILES string of the molecule is O=C(Cc1cccc(Cl)c1Cl)c1cnc2ccccc2n1. The van der Waals surface area contributed by atoms with E-state index in [0.717, 1.165) is 5.52 Å². The number of hydrogen-bond acceptors (Lipinski definition) is 3. The van der Waals surface area contributed by atoms with Gasteiger partial charge in [-0.2, -0.15) is 0 Å². The van der Waals surface area contributed by atoms with E-state index >= 15 is 0 Å². The minimum Gasteiger partial charge on any atom is -0.292 e. The Morgan fingerprint density at radius 1 is 1.00 bits per heavy atom. The molecular formula is C16H10Cl2N2O. The summed E-state index contributed by atoms with van der Waals surface area (Å²) in [5.41, 5.74) is 2.46. The summed E-state index contributed by atoms with van der Waals surface area (Å²) in [5.74, 6) is -0.141. The summed E-state index contributed by atoms with van der Waals surface area (Å²) in [7, 11) is 0. The first-order valence-corrected chi connectivity index (χ1v) is 7.08. The number of ketones is 1. The molecule has 3 nitrogen and oxygen atoms in total. The Bertz CT molecular complexity index is 833. The molecule has 0 aliphatic rings. The van der Waals surface area contributed by atoms with Crippen LogP contribution in [0.25, 0.3) is 11.0 Å². The molecule has 0 aliphatic heterocycles. The van der Waals surface area contributed by atoms with Crippen molar-refractivity contribution in [2.75, 3.05) is 0 Å². The van der Waals surface area contributed by atoms with Gasteiger partial charge in [0.05, 0.1) is 27.3 Å². The largest absolute Gasteiger partial charge is 0.292 e. The molecule has 3 aromatic rings. The maximum absolute atomic E-state index is 12.3. The van der Waals surface area contributed by atoms with Gasteiger partial charge in [0, 0.05) is 6.42 Å². The molecule has 0 amide bonds. The van der Waals surface area contributed by atoms with Crippen molar-refractivity contribution in [3.8, 4) is 0 Å². The lowest BCUT2D eigenvalue weighted by Crippen LogP contribution is -2.07. The van der Waals surface area contributed by atoms with Crippen molar-refractivity contribution in [3.63, 3.8) is 0 Å². The zero-order valence-electron chi connectivity index (χ0n) is 10.9. The first-order chi connectivity index (χ1) is 10.1. The van der Waals surface area contributed by atoms with Gasteiger partial charge in [0.1, 0.15) is 5.69 Å². The van der Waals surface area contributed by atoms with E-state index in [0.29, 0.717) is 26.8 Å². The van der Waals surface area contributed by atoms with Crippen LogP contribution in [0.1, 0.15) is 16.1 Å². The van der Waals surface area contributed by atoms with E-state index in [1.807, 2.05) is 24.3 Å². The molecule has 21 heavy (non-hydrogen) atoms. The number of fused-ring (bicyclic) bond motifs is 1. The number of carbonyl (C=O) groups is 1. The molecule has 0 unspecified atom stereocenters. The predicted molar refractivity (Wildman–Crippen MR) is 84.0 cm³/mol. The van der Waals surface area contributed by atoms with Crippen molar-refractivity contribution in [1.82, 2.24) is 9.97 Å². The van der Waals surface area contributed by atoms with Crippen LogP contribution in [0, 0.1) is 0 Å². The number of hydrogen-bond donors (Lipinski definition) is 0. The summed E-state index contributed by atoms with van der Waals surface area (Å²) in [6.07, 6.45) is 1.63. The average molecular weight is 317 g/mol. The van der Waals surface area contributed by atoms with Crippen molar-refractivity contribution in [2.45, 2.75) is 6.42 Å². The molecule has 1 heterocycles. The first kappa shape index (κ1) is 14.0.